The molecule has 1 aromatic heterocycles. The summed E-state index contributed by atoms with van der Waals surface area (Å²) in [4.78, 5) is 20.6. The van der Waals surface area contributed by atoms with Crippen LogP contribution in [0.3, 0.4) is 0 Å². The van der Waals surface area contributed by atoms with Crippen LogP contribution in [0.5, 0.6) is 0 Å². The van der Waals surface area contributed by atoms with Crippen molar-refractivity contribution in [2.24, 2.45) is 0 Å². The molecule has 5 nitrogen and oxygen atoms in total. The molecule has 1 saturated heterocycles. The minimum atomic E-state index is -0.0741. The Morgan fingerprint density at radius 1 is 1.36 bits per heavy atom. The van der Waals surface area contributed by atoms with E-state index in [-0.39, 0.29) is 24.4 Å². The fourth-order valence-corrected chi connectivity index (χ4v) is 2.51. The lowest BCUT2D eigenvalue weighted by molar-refractivity contribution is -0.117. The van der Waals surface area contributed by atoms with Gasteiger partial charge in [0.15, 0.2) is 0 Å². The second kappa shape index (κ2) is 7.33. The Bertz CT molecular complexity index is 656. The summed E-state index contributed by atoms with van der Waals surface area (Å²) >= 11 is 0. The highest BCUT2D eigenvalue weighted by Gasteiger charge is 2.21. The number of anilines is 1. The highest BCUT2D eigenvalue weighted by Crippen LogP contribution is 2.21. The van der Waals surface area contributed by atoms with E-state index in [1.165, 1.54) is 0 Å². The minimum absolute atomic E-state index is 0. The standard InChI is InChI=1S/C16H18N4O.ClH/c1-11-17-9-7-14(19-11)12-4-2-5-13(10-12)20-16(21)15-6-3-8-18-15;/h2,4-5,7,9-10,15,18H,3,6,8H2,1H3,(H,20,21);1H. The van der Waals surface area contributed by atoms with Crippen LogP contribution in [0.25, 0.3) is 11.3 Å². The van der Waals surface area contributed by atoms with Gasteiger partial charge in [0.2, 0.25) is 5.91 Å². The molecular weight excluding hydrogens is 300 g/mol. The van der Waals surface area contributed by atoms with E-state index in [0.717, 1.165) is 42.2 Å². The van der Waals surface area contributed by atoms with Crippen molar-refractivity contribution in [3.8, 4) is 11.3 Å². The van der Waals surface area contributed by atoms with Crippen molar-refractivity contribution in [3.05, 3.63) is 42.4 Å². The van der Waals surface area contributed by atoms with E-state index >= 15 is 0 Å². The number of carbonyl (C=O) groups excluding carboxylic acids is 1. The van der Waals surface area contributed by atoms with E-state index in [2.05, 4.69) is 20.6 Å². The number of halogens is 1. The minimum Gasteiger partial charge on any atom is -0.325 e. The van der Waals surface area contributed by atoms with Gasteiger partial charge in [-0.15, -0.1) is 12.4 Å². The maximum atomic E-state index is 12.1. The predicted octanol–water partition coefficient (Wildman–Crippen LogP) is 2.56. The van der Waals surface area contributed by atoms with Gasteiger partial charge < -0.3 is 10.6 Å². The third-order valence-electron chi connectivity index (χ3n) is 3.58. The van der Waals surface area contributed by atoms with Crippen molar-refractivity contribution in [2.45, 2.75) is 25.8 Å². The predicted molar refractivity (Wildman–Crippen MR) is 89.1 cm³/mol. The van der Waals surface area contributed by atoms with Gasteiger partial charge in [-0.05, 0) is 44.5 Å². The van der Waals surface area contributed by atoms with E-state index in [9.17, 15) is 4.79 Å². The zero-order chi connectivity index (χ0) is 14.7. The third-order valence-corrected chi connectivity index (χ3v) is 3.58. The van der Waals surface area contributed by atoms with E-state index in [0.29, 0.717) is 0 Å². The largest absolute Gasteiger partial charge is 0.325 e. The van der Waals surface area contributed by atoms with Crippen LogP contribution in [0, 0.1) is 6.92 Å². The number of aromatic nitrogens is 2. The number of hydrogen-bond donors (Lipinski definition) is 2. The Morgan fingerprint density at radius 3 is 2.95 bits per heavy atom. The third kappa shape index (κ3) is 3.81. The van der Waals surface area contributed by atoms with Crippen LogP contribution in [0.1, 0.15) is 18.7 Å². The molecule has 1 amide bonds. The fraction of sp³-hybridized carbons (Fsp3) is 0.312. The molecule has 1 fully saturated rings. The Hall–Kier alpha value is -1.98. The first-order valence-electron chi connectivity index (χ1n) is 7.17. The number of aryl methyl sites for hydroxylation is 1. The van der Waals surface area contributed by atoms with Gasteiger partial charge in [0.05, 0.1) is 11.7 Å². The average molecular weight is 319 g/mol. The summed E-state index contributed by atoms with van der Waals surface area (Å²) in [5, 5.41) is 6.16. The zero-order valence-electron chi connectivity index (χ0n) is 12.4. The molecule has 1 aliphatic rings. The Morgan fingerprint density at radius 2 is 2.23 bits per heavy atom. The molecule has 0 aliphatic carbocycles. The summed E-state index contributed by atoms with van der Waals surface area (Å²) in [6.07, 6.45) is 3.69. The number of amides is 1. The number of hydrogen-bond acceptors (Lipinski definition) is 4. The molecule has 2 aromatic rings. The average Bonchev–Trinajstić information content (AvgIpc) is 3.02. The van der Waals surface area contributed by atoms with E-state index < -0.39 is 0 Å². The van der Waals surface area contributed by atoms with Crippen molar-refractivity contribution in [1.82, 2.24) is 15.3 Å². The van der Waals surface area contributed by atoms with Crippen LogP contribution in [0.4, 0.5) is 5.69 Å². The summed E-state index contributed by atoms with van der Waals surface area (Å²) in [6, 6.07) is 9.52. The quantitative estimate of drug-likeness (QED) is 0.912. The molecule has 2 heterocycles. The van der Waals surface area contributed by atoms with Crippen molar-refractivity contribution in [3.63, 3.8) is 0 Å². The van der Waals surface area contributed by atoms with Gasteiger partial charge in [0.1, 0.15) is 5.82 Å². The second-order valence-electron chi connectivity index (χ2n) is 5.21. The van der Waals surface area contributed by atoms with E-state index in [4.69, 9.17) is 0 Å². The molecule has 1 aliphatic heterocycles. The van der Waals surface area contributed by atoms with Gasteiger partial charge in [-0.1, -0.05) is 12.1 Å². The normalized spacial score (nSPS) is 16.9. The van der Waals surface area contributed by atoms with Crippen molar-refractivity contribution in [2.75, 3.05) is 11.9 Å². The lowest BCUT2D eigenvalue weighted by Gasteiger charge is -2.12. The SMILES string of the molecule is Cc1nccc(-c2cccc(NC(=O)C3CCCN3)c2)n1.Cl. The summed E-state index contributed by atoms with van der Waals surface area (Å²) in [6.45, 7) is 2.78. The van der Waals surface area contributed by atoms with E-state index in [1.807, 2.05) is 37.3 Å². The lowest BCUT2D eigenvalue weighted by Crippen LogP contribution is -2.35. The Kier molecular flexibility index (Phi) is 5.46. The topological polar surface area (TPSA) is 66.9 Å². The van der Waals surface area contributed by atoms with Gasteiger partial charge in [-0.3, -0.25) is 4.79 Å². The Balaban J connectivity index is 0.00000176. The molecule has 2 N–H and O–H groups in total. The van der Waals surface area contributed by atoms with Crippen LogP contribution in [-0.4, -0.2) is 28.5 Å². The Labute approximate surface area is 136 Å². The number of carbonyl (C=O) groups is 1. The van der Waals surface area contributed by atoms with Crippen LogP contribution in [-0.2, 0) is 4.79 Å². The van der Waals surface area contributed by atoms with Gasteiger partial charge in [0, 0.05) is 17.4 Å². The molecule has 0 spiro atoms. The molecule has 1 unspecified atom stereocenters. The zero-order valence-corrected chi connectivity index (χ0v) is 13.2. The summed E-state index contributed by atoms with van der Waals surface area (Å²) < 4.78 is 0. The maximum Gasteiger partial charge on any atom is 0.241 e. The molecule has 0 radical (unpaired) electrons. The molecular formula is C16H19ClN4O. The molecule has 1 aromatic carbocycles. The summed E-state index contributed by atoms with van der Waals surface area (Å²) in [5.74, 6) is 0.764. The first kappa shape index (κ1) is 16.4. The fourth-order valence-electron chi connectivity index (χ4n) is 2.51. The lowest BCUT2D eigenvalue weighted by atomic mass is 10.1. The van der Waals surface area contributed by atoms with Crippen molar-refractivity contribution < 1.29 is 4.79 Å². The van der Waals surface area contributed by atoms with Crippen molar-refractivity contribution in [1.29, 1.82) is 0 Å². The molecule has 3 rings (SSSR count). The molecule has 22 heavy (non-hydrogen) atoms. The van der Waals surface area contributed by atoms with Crippen molar-refractivity contribution >= 4 is 24.0 Å². The smallest absolute Gasteiger partial charge is 0.241 e. The first-order chi connectivity index (χ1) is 10.2. The molecule has 116 valence electrons. The van der Waals surface area contributed by atoms with E-state index in [1.54, 1.807) is 6.20 Å². The van der Waals surface area contributed by atoms with Gasteiger partial charge >= 0.3 is 0 Å². The summed E-state index contributed by atoms with van der Waals surface area (Å²) in [7, 11) is 0. The number of nitrogens with one attached hydrogen (secondary N) is 2. The van der Waals surface area contributed by atoms with Crippen LogP contribution >= 0.6 is 12.4 Å². The molecule has 6 heteroatoms. The monoisotopic (exact) mass is 318 g/mol. The first-order valence-corrected chi connectivity index (χ1v) is 7.17. The highest BCUT2D eigenvalue weighted by atomic mass is 35.5. The number of benzene rings is 1. The second-order valence-corrected chi connectivity index (χ2v) is 5.21. The van der Waals surface area contributed by atoms with Gasteiger partial charge in [-0.25, -0.2) is 9.97 Å². The molecule has 1 atom stereocenters. The highest BCUT2D eigenvalue weighted by molar-refractivity contribution is 5.95. The number of nitrogens with zero attached hydrogens (tertiary/aromatic N) is 2. The van der Waals surface area contributed by atoms with Crippen LogP contribution in [0.2, 0.25) is 0 Å². The molecule has 0 saturated carbocycles. The summed E-state index contributed by atoms with van der Waals surface area (Å²) in [5.41, 5.74) is 2.62. The molecule has 0 bridgehead atoms. The van der Waals surface area contributed by atoms with Gasteiger partial charge in [0.25, 0.3) is 0 Å². The van der Waals surface area contributed by atoms with Gasteiger partial charge in [-0.2, -0.15) is 0 Å². The number of rotatable bonds is 3. The van der Waals surface area contributed by atoms with Crippen LogP contribution in [0.15, 0.2) is 36.5 Å². The van der Waals surface area contributed by atoms with Crippen LogP contribution < -0.4 is 10.6 Å². The maximum absolute atomic E-state index is 12.1.